The molecule has 32 heavy (non-hydrogen) atoms. The second-order valence-electron chi connectivity index (χ2n) is 9.28. The fraction of sp³-hybridized carbons (Fsp3) is 0.357. The summed E-state index contributed by atoms with van der Waals surface area (Å²) >= 11 is 0. The summed E-state index contributed by atoms with van der Waals surface area (Å²) in [7, 11) is 0. The zero-order chi connectivity index (χ0) is 21.8. The van der Waals surface area contributed by atoms with E-state index in [1.165, 1.54) is 36.9 Å². The summed E-state index contributed by atoms with van der Waals surface area (Å²) in [6, 6.07) is 20.9. The Bertz CT molecular complexity index is 1030. The summed E-state index contributed by atoms with van der Waals surface area (Å²) in [4.78, 5) is 19.6. The number of carbonyl (C=O) groups excluding carboxylic acids is 1. The van der Waals surface area contributed by atoms with Gasteiger partial charge in [0.15, 0.2) is 0 Å². The SMILES string of the molecule is O=C(NC1CCC(CCN2Cc3ccccc3C2)CC1)c1cccc(-c2cccnc2)c1. The molecule has 164 valence electrons. The van der Waals surface area contributed by atoms with Crippen LogP contribution < -0.4 is 5.32 Å². The lowest BCUT2D eigenvalue weighted by Gasteiger charge is -2.30. The third-order valence-electron chi connectivity index (χ3n) is 7.06. The van der Waals surface area contributed by atoms with E-state index < -0.39 is 0 Å². The molecule has 3 aromatic rings. The van der Waals surface area contributed by atoms with E-state index in [9.17, 15) is 4.79 Å². The van der Waals surface area contributed by atoms with Gasteiger partial charge in [0.1, 0.15) is 0 Å². The second kappa shape index (κ2) is 9.66. The van der Waals surface area contributed by atoms with Gasteiger partial charge in [0, 0.05) is 42.7 Å². The van der Waals surface area contributed by atoms with Crippen molar-refractivity contribution in [2.75, 3.05) is 6.54 Å². The topological polar surface area (TPSA) is 45.2 Å². The van der Waals surface area contributed by atoms with E-state index in [2.05, 4.69) is 39.5 Å². The van der Waals surface area contributed by atoms with Crippen molar-refractivity contribution in [3.63, 3.8) is 0 Å². The Labute approximate surface area is 190 Å². The molecular formula is C28H31N3O. The van der Waals surface area contributed by atoms with Gasteiger partial charge in [-0.15, -0.1) is 0 Å². The molecule has 1 aliphatic heterocycles. The number of carbonyl (C=O) groups is 1. The number of hydrogen-bond donors (Lipinski definition) is 1. The van der Waals surface area contributed by atoms with Crippen LogP contribution in [0.3, 0.4) is 0 Å². The van der Waals surface area contributed by atoms with Crippen LogP contribution in [0.15, 0.2) is 73.1 Å². The molecule has 1 N–H and O–H groups in total. The van der Waals surface area contributed by atoms with Crippen molar-refractivity contribution in [3.05, 3.63) is 89.7 Å². The highest BCUT2D eigenvalue weighted by Gasteiger charge is 2.24. The maximum atomic E-state index is 12.9. The van der Waals surface area contributed by atoms with Crippen LogP contribution in [0.4, 0.5) is 0 Å². The number of aromatic nitrogens is 1. The number of rotatable bonds is 6. The smallest absolute Gasteiger partial charge is 0.251 e. The van der Waals surface area contributed by atoms with Crippen LogP contribution in [0.1, 0.15) is 53.6 Å². The Hall–Kier alpha value is -2.98. The van der Waals surface area contributed by atoms with Gasteiger partial charge in [-0.1, -0.05) is 42.5 Å². The van der Waals surface area contributed by atoms with Crippen LogP contribution in [0.5, 0.6) is 0 Å². The van der Waals surface area contributed by atoms with Crippen LogP contribution >= 0.6 is 0 Å². The van der Waals surface area contributed by atoms with Gasteiger partial charge in [0.05, 0.1) is 0 Å². The Morgan fingerprint density at radius 2 is 1.66 bits per heavy atom. The van der Waals surface area contributed by atoms with Gasteiger partial charge in [-0.05, 0) is 79.5 Å². The normalized spacial score (nSPS) is 20.6. The Morgan fingerprint density at radius 3 is 2.38 bits per heavy atom. The van der Waals surface area contributed by atoms with Crippen molar-refractivity contribution in [2.45, 2.75) is 51.2 Å². The summed E-state index contributed by atoms with van der Waals surface area (Å²) < 4.78 is 0. The predicted molar refractivity (Wildman–Crippen MR) is 128 cm³/mol. The van der Waals surface area contributed by atoms with Gasteiger partial charge in [0.25, 0.3) is 5.91 Å². The lowest BCUT2D eigenvalue weighted by Crippen LogP contribution is -2.38. The zero-order valence-electron chi connectivity index (χ0n) is 18.5. The molecule has 0 saturated heterocycles. The Morgan fingerprint density at radius 1 is 0.906 bits per heavy atom. The third kappa shape index (κ3) is 4.91. The van der Waals surface area contributed by atoms with E-state index >= 15 is 0 Å². The van der Waals surface area contributed by atoms with Gasteiger partial charge < -0.3 is 5.32 Å². The van der Waals surface area contributed by atoms with E-state index in [4.69, 9.17) is 0 Å². The number of fused-ring (bicyclic) bond motifs is 1. The molecule has 0 bridgehead atoms. The molecule has 0 radical (unpaired) electrons. The van der Waals surface area contributed by atoms with Crippen molar-refractivity contribution in [1.29, 1.82) is 0 Å². The molecule has 2 aromatic carbocycles. The van der Waals surface area contributed by atoms with Crippen LogP contribution in [-0.4, -0.2) is 28.4 Å². The van der Waals surface area contributed by atoms with Crippen LogP contribution in [0, 0.1) is 5.92 Å². The first-order valence-electron chi connectivity index (χ1n) is 11.8. The maximum Gasteiger partial charge on any atom is 0.251 e. The van der Waals surface area contributed by atoms with Crippen LogP contribution in [-0.2, 0) is 13.1 Å². The minimum absolute atomic E-state index is 0.0361. The first kappa shape index (κ1) is 20.9. The molecule has 1 amide bonds. The number of nitrogens with zero attached hydrogens (tertiary/aromatic N) is 2. The van der Waals surface area contributed by atoms with E-state index in [0.717, 1.165) is 48.5 Å². The van der Waals surface area contributed by atoms with Crippen molar-refractivity contribution < 1.29 is 4.79 Å². The van der Waals surface area contributed by atoms with Crippen molar-refractivity contribution in [2.24, 2.45) is 5.92 Å². The highest BCUT2D eigenvalue weighted by molar-refractivity contribution is 5.95. The van der Waals surface area contributed by atoms with Gasteiger partial charge in [0.2, 0.25) is 0 Å². The van der Waals surface area contributed by atoms with Crippen molar-refractivity contribution in [3.8, 4) is 11.1 Å². The number of pyridine rings is 1. The molecule has 1 saturated carbocycles. The largest absolute Gasteiger partial charge is 0.349 e. The number of hydrogen-bond acceptors (Lipinski definition) is 3. The predicted octanol–water partition coefficient (Wildman–Crippen LogP) is 5.44. The van der Waals surface area contributed by atoms with E-state index in [-0.39, 0.29) is 11.9 Å². The average molecular weight is 426 g/mol. The summed E-state index contributed by atoms with van der Waals surface area (Å²) in [5.41, 5.74) is 5.77. The molecule has 4 nitrogen and oxygen atoms in total. The van der Waals surface area contributed by atoms with Crippen molar-refractivity contribution >= 4 is 5.91 Å². The molecule has 5 rings (SSSR count). The van der Waals surface area contributed by atoms with Crippen molar-refractivity contribution in [1.82, 2.24) is 15.2 Å². The van der Waals surface area contributed by atoms with Gasteiger partial charge in [-0.25, -0.2) is 0 Å². The standard InChI is InChI=1S/C28H31N3O/c32-28(23-8-3-7-22(17-23)24-9-4-15-29-18-24)30-27-12-10-21(11-13-27)14-16-31-19-25-5-1-2-6-26(25)20-31/h1-9,15,17-18,21,27H,10-14,16,19-20H2,(H,30,32). The molecule has 0 spiro atoms. The molecular weight excluding hydrogens is 394 g/mol. The fourth-order valence-corrected chi connectivity index (χ4v) is 5.16. The monoisotopic (exact) mass is 425 g/mol. The molecule has 4 heteroatoms. The van der Waals surface area contributed by atoms with Crippen LogP contribution in [0.25, 0.3) is 11.1 Å². The first-order valence-corrected chi connectivity index (χ1v) is 11.8. The Balaban J connectivity index is 1.08. The summed E-state index contributed by atoms with van der Waals surface area (Å²) in [6.07, 6.45) is 9.45. The lowest BCUT2D eigenvalue weighted by molar-refractivity contribution is 0.0920. The number of nitrogens with one attached hydrogen (secondary N) is 1. The molecule has 0 unspecified atom stereocenters. The highest BCUT2D eigenvalue weighted by atomic mass is 16.1. The first-order chi connectivity index (χ1) is 15.7. The van der Waals surface area contributed by atoms with E-state index in [1.54, 1.807) is 6.20 Å². The van der Waals surface area contributed by atoms with Gasteiger partial charge in [-0.2, -0.15) is 0 Å². The third-order valence-corrected chi connectivity index (χ3v) is 7.06. The quantitative estimate of drug-likeness (QED) is 0.572. The lowest BCUT2D eigenvalue weighted by atomic mass is 9.84. The molecule has 0 atom stereocenters. The molecule has 1 aliphatic carbocycles. The minimum atomic E-state index is 0.0361. The molecule has 2 aliphatic rings. The second-order valence-corrected chi connectivity index (χ2v) is 9.28. The fourth-order valence-electron chi connectivity index (χ4n) is 5.16. The zero-order valence-corrected chi connectivity index (χ0v) is 18.5. The highest BCUT2D eigenvalue weighted by Crippen LogP contribution is 2.29. The Kier molecular flexibility index (Phi) is 6.31. The summed E-state index contributed by atoms with van der Waals surface area (Å²) in [6.45, 7) is 3.37. The van der Waals surface area contributed by atoms with E-state index in [1.807, 2.05) is 42.6 Å². The van der Waals surface area contributed by atoms with Gasteiger partial charge in [-0.3, -0.25) is 14.7 Å². The number of amides is 1. The number of benzene rings is 2. The summed E-state index contributed by atoms with van der Waals surface area (Å²) in [5.74, 6) is 0.815. The van der Waals surface area contributed by atoms with Crippen LogP contribution in [0.2, 0.25) is 0 Å². The molecule has 2 heterocycles. The molecule has 1 fully saturated rings. The maximum absolute atomic E-state index is 12.9. The average Bonchev–Trinajstić information content (AvgIpc) is 3.27. The summed E-state index contributed by atoms with van der Waals surface area (Å²) in [5, 5.41) is 3.28. The minimum Gasteiger partial charge on any atom is -0.349 e. The van der Waals surface area contributed by atoms with E-state index in [0.29, 0.717) is 0 Å². The van der Waals surface area contributed by atoms with Gasteiger partial charge >= 0.3 is 0 Å². The molecule has 1 aromatic heterocycles.